The summed E-state index contributed by atoms with van der Waals surface area (Å²) in [7, 11) is 1.65. The highest BCUT2D eigenvalue weighted by molar-refractivity contribution is 5.93. The van der Waals surface area contributed by atoms with E-state index in [1.54, 1.807) is 7.11 Å². The molecule has 0 aliphatic carbocycles. The van der Waals surface area contributed by atoms with E-state index in [0.717, 1.165) is 24.5 Å². The highest BCUT2D eigenvalue weighted by Crippen LogP contribution is 2.26. The van der Waals surface area contributed by atoms with Gasteiger partial charge in [0.15, 0.2) is 5.96 Å². The van der Waals surface area contributed by atoms with Crippen LogP contribution in [-0.4, -0.2) is 37.6 Å². The van der Waals surface area contributed by atoms with Crippen molar-refractivity contribution in [1.29, 1.82) is 0 Å². The first-order chi connectivity index (χ1) is 12.3. The SMILES string of the molecule is COc1ccccc1NC(N)=NCC(c1ccccc1)N1CCCC1. The second kappa shape index (κ2) is 8.53. The molecule has 1 fully saturated rings. The Bertz CT molecular complexity index is 696. The first-order valence-corrected chi connectivity index (χ1v) is 8.77. The third-order valence-corrected chi connectivity index (χ3v) is 4.57. The Labute approximate surface area is 149 Å². The van der Waals surface area contributed by atoms with E-state index < -0.39 is 0 Å². The zero-order chi connectivity index (χ0) is 17.5. The lowest BCUT2D eigenvalue weighted by molar-refractivity contribution is 0.252. The van der Waals surface area contributed by atoms with Crippen LogP contribution in [0.25, 0.3) is 0 Å². The molecule has 25 heavy (non-hydrogen) atoms. The van der Waals surface area contributed by atoms with Crippen LogP contribution in [0.15, 0.2) is 59.6 Å². The van der Waals surface area contributed by atoms with Crippen LogP contribution in [0.5, 0.6) is 5.75 Å². The number of para-hydroxylation sites is 2. The summed E-state index contributed by atoms with van der Waals surface area (Å²) in [6.07, 6.45) is 2.50. The summed E-state index contributed by atoms with van der Waals surface area (Å²) in [4.78, 5) is 7.10. The van der Waals surface area contributed by atoms with Gasteiger partial charge in [0.05, 0.1) is 25.4 Å². The normalized spacial score (nSPS) is 16.6. The fraction of sp³-hybridized carbons (Fsp3) is 0.350. The van der Waals surface area contributed by atoms with Gasteiger partial charge in [-0.2, -0.15) is 0 Å². The molecule has 3 N–H and O–H groups in total. The van der Waals surface area contributed by atoms with Crippen LogP contribution in [0.1, 0.15) is 24.4 Å². The second-order valence-corrected chi connectivity index (χ2v) is 6.22. The molecule has 1 aliphatic heterocycles. The molecule has 1 atom stereocenters. The maximum absolute atomic E-state index is 6.12. The molecule has 0 bridgehead atoms. The van der Waals surface area contributed by atoms with E-state index >= 15 is 0 Å². The summed E-state index contributed by atoms with van der Waals surface area (Å²) in [5.74, 6) is 1.16. The highest BCUT2D eigenvalue weighted by Gasteiger charge is 2.23. The number of ether oxygens (including phenoxy) is 1. The summed E-state index contributed by atoms with van der Waals surface area (Å²) in [5.41, 5.74) is 8.23. The van der Waals surface area contributed by atoms with Gasteiger partial charge in [0.2, 0.25) is 0 Å². The minimum absolute atomic E-state index is 0.265. The van der Waals surface area contributed by atoms with Crippen molar-refractivity contribution in [2.75, 3.05) is 32.1 Å². The predicted octanol–water partition coefficient (Wildman–Crippen LogP) is 3.26. The Morgan fingerprint density at radius 3 is 2.52 bits per heavy atom. The van der Waals surface area contributed by atoms with Crippen molar-refractivity contribution in [1.82, 2.24) is 4.90 Å². The molecule has 0 radical (unpaired) electrons. The smallest absolute Gasteiger partial charge is 0.193 e. The number of hydrogen-bond acceptors (Lipinski definition) is 3. The Kier molecular flexibility index (Phi) is 5.90. The molecule has 3 rings (SSSR count). The van der Waals surface area contributed by atoms with E-state index in [1.165, 1.54) is 18.4 Å². The zero-order valence-electron chi connectivity index (χ0n) is 14.7. The van der Waals surface area contributed by atoms with Crippen molar-refractivity contribution in [3.8, 4) is 5.75 Å². The first kappa shape index (κ1) is 17.3. The summed E-state index contributed by atoms with van der Waals surface area (Å²) < 4.78 is 5.34. The van der Waals surface area contributed by atoms with E-state index in [9.17, 15) is 0 Å². The summed E-state index contributed by atoms with van der Waals surface area (Å²) in [6.45, 7) is 2.88. The van der Waals surface area contributed by atoms with Gasteiger partial charge < -0.3 is 15.8 Å². The van der Waals surface area contributed by atoms with Crippen molar-refractivity contribution in [2.24, 2.45) is 10.7 Å². The number of nitrogens with two attached hydrogens (primary N) is 1. The average Bonchev–Trinajstić information content (AvgIpc) is 3.18. The van der Waals surface area contributed by atoms with Gasteiger partial charge in [0, 0.05) is 0 Å². The fourth-order valence-electron chi connectivity index (χ4n) is 3.27. The summed E-state index contributed by atoms with van der Waals surface area (Å²) in [6, 6.07) is 18.5. The molecule has 0 aromatic heterocycles. The third kappa shape index (κ3) is 4.51. The number of nitrogens with one attached hydrogen (secondary N) is 1. The minimum Gasteiger partial charge on any atom is -0.495 e. The van der Waals surface area contributed by atoms with Crippen molar-refractivity contribution in [2.45, 2.75) is 18.9 Å². The van der Waals surface area contributed by atoms with E-state index in [2.05, 4.69) is 39.5 Å². The number of likely N-dealkylation sites (tertiary alicyclic amines) is 1. The Balaban J connectivity index is 1.72. The van der Waals surface area contributed by atoms with E-state index in [-0.39, 0.29) is 6.04 Å². The molecule has 1 saturated heterocycles. The maximum Gasteiger partial charge on any atom is 0.193 e. The lowest BCUT2D eigenvalue weighted by Gasteiger charge is -2.26. The number of benzene rings is 2. The van der Waals surface area contributed by atoms with Crippen molar-refractivity contribution in [3.05, 3.63) is 60.2 Å². The summed E-state index contributed by atoms with van der Waals surface area (Å²) in [5, 5.41) is 3.14. The van der Waals surface area contributed by atoms with Crippen molar-refractivity contribution in [3.63, 3.8) is 0 Å². The fourth-order valence-corrected chi connectivity index (χ4v) is 3.27. The zero-order valence-corrected chi connectivity index (χ0v) is 14.7. The quantitative estimate of drug-likeness (QED) is 0.627. The van der Waals surface area contributed by atoms with Gasteiger partial charge in [-0.05, 0) is 43.6 Å². The second-order valence-electron chi connectivity index (χ2n) is 6.22. The Morgan fingerprint density at radius 2 is 1.80 bits per heavy atom. The van der Waals surface area contributed by atoms with Crippen LogP contribution in [-0.2, 0) is 0 Å². The monoisotopic (exact) mass is 338 g/mol. The van der Waals surface area contributed by atoms with Gasteiger partial charge in [-0.1, -0.05) is 42.5 Å². The van der Waals surface area contributed by atoms with Crippen LogP contribution in [0.3, 0.4) is 0 Å². The Morgan fingerprint density at radius 1 is 1.12 bits per heavy atom. The molecular weight excluding hydrogens is 312 g/mol. The predicted molar refractivity (Wildman–Crippen MR) is 103 cm³/mol. The van der Waals surface area contributed by atoms with Gasteiger partial charge in [0.1, 0.15) is 5.75 Å². The molecule has 2 aromatic carbocycles. The first-order valence-electron chi connectivity index (χ1n) is 8.77. The van der Waals surface area contributed by atoms with Crippen LogP contribution in [0.4, 0.5) is 5.69 Å². The van der Waals surface area contributed by atoms with E-state index in [1.807, 2.05) is 30.3 Å². The van der Waals surface area contributed by atoms with Gasteiger partial charge >= 0.3 is 0 Å². The standard InChI is InChI=1S/C20H26N4O/c1-25-19-12-6-5-11-17(19)23-20(21)22-15-18(24-13-7-8-14-24)16-9-3-2-4-10-16/h2-6,9-12,18H,7-8,13-15H2,1H3,(H3,21,22,23). The molecular formula is C20H26N4O. The molecule has 1 unspecified atom stereocenters. The van der Waals surface area contributed by atoms with Crippen molar-refractivity contribution < 1.29 is 4.74 Å². The molecule has 5 heteroatoms. The summed E-state index contributed by atoms with van der Waals surface area (Å²) >= 11 is 0. The molecule has 0 amide bonds. The topological polar surface area (TPSA) is 62.9 Å². The molecule has 5 nitrogen and oxygen atoms in total. The highest BCUT2D eigenvalue weighted by atomic mass is 16.5. The van der Waals surface area contributed by atoms with Crippen LogP contribution in [0, 0.1) is 0 Å². The van der Waals surface area contributed by atoms with Gasteiger partial charge in [-0.25, -0.2) is 0 Å². The molecule has 1 aliphatic rings. The molecule has 0 saturated carbocycles. The third-order valence-electron chi connectivity index (χ3n) is 4.57. The van der Waals surface area contributed by atoms with Crippen LogP contribution in [0.2, 0.25) is 0 Å². The molecule has 2 aromatic rings. The van der Waals surface area contributed by atoms with Gasteiger partial charge in [-0.15, -0.1) is 0 Å². The number of rotatable bonds is 6. The molecule has 1 heterocycles. The number of nitrogens with zero attached hydrogens (tertiary/aromatic N) is 2. The number of guanidine groups is 1. The molecule has 0 spiro atoms. The Hall–Kier alpha value is -2.53. The van der Waals surface area contributed by atoms with Crippen LogP contribution < -0.4 is 15.8 Å². The van der Waals surface area contributed by atoms with Gasteiger partial charge in [0.25, 0.3) is 0 Å². The average molecular weight is 338 g/mol. The van der Waals surface area contributed by atoms with E-state index in [4.69, 9.17) is 10.5 Å². The number of aliphatic imine (C=N–C) groups is 1. The lowest BCUT2D eigenvalue weighted by atomic mass is 10.1. The number of anilines is 1. The largest absolute Gasteiger partial charge is 0.495 e. The maximum atomic E-state index is 6.12. The number of methoxy groups -OCH3 is 1. The lowest BCUT2D eigenvalue weighted by Crippen LogP contribution is -2.30. The number of hydrogen-bond donors (Lipinski definition) is 2. The van der Waals surface area contributed by atoms with E-state index in [0.29, 0.717) is 12.5 Å². The minimum atomic E-state index is 0.265. The van der Waals surface area contributed by atoms with Gasteiger partial charge in [-0.3, -0.25) is 9.89 Å². The van der Waals surface area contributed by atoms with Crippen molar-refractivity contribution >= 4 is 11.6 Å². The van der Waals surface area contributed by atoms with Crippen LogP contribution >= 0.6 is 0 Å². The molecule has 132 valence electrons.